The van der Waals surface area contributed by atoms with Crippen LogP contribution in [0, 0.1) is 11.8 Å². The first-order valence-electron chi connectivity index (χ1n) is 14.0. The number of amides is 2. The van der Waals surface area contributed by atoms with Gasteiger partial charge in [0, 0.05) is 42.0 Å². The Morgan fingerprint density at radius 2 is 1.85 bits per heavy atom. The van der Waals surface area contributed by atoms with Crippen LogP contribution in [0.1, 0.15) is 61.4 Å². The van der Waals surface area contributed by atoms with E-state index in [1.54, 1.807) is 4.90 Å². The van der Waals surface area contributed by atoms with Gasteiger partial charge in [0.05, 0.1) is 28.3 Å². The van der Waals surface area contributed by atoms with E-state index in [9.17, 15) is 19.5 Å². The molecule has 210 valence electrons. The number of aromatic nitrogens is 1. The van der Waals surface area contributed by atoms with E-state index in [-0.39, 0.29) is 18.4 Å². The zero-order valence-electron chi connectivity index (χ0n) is 22.2. The highest BCUT2D eigenvalue weighted by molar-refractivity contribution is 7.13. The molecule has 10 heteroatoms. The molecule has 3 aliphatic rings. The largest absolute Gasteiger partial charge is 0.487 e. The summed E-state index contributed by atoms with van der Waals surface area (Å²) in [6.45, 7) is 1.64. The van der Waals surface area contributed by atoms with Gasteiger partial charge in [0.15, 0.2) is 0 Å². The molecule has 8 nitrogen and oxygen atoms in total. The standard InChI is InChI=1S/C30H32ClN3O5S/c31-22-11-12-25(39-17-23-21-8-3-4-9-26(21)40-32-23)28-20(22)13-15-34(24(28)16-33-14-5-10-27(33)35)29(36)18-6-1-2-7-19(18)30(37)38/h3-4,8-9,11-12,18-19,24H,1-2,5-7,10,13-17H2,(H,37,38)/t18?,19-,24-/m1/s1. The predicted octanol–water partition coefficient (Wildman–Crippen LogP) is 5.47. The molecule has 40 heavy (non-hydrogen) atoms. The van der Waals surface area contributed by atoms with Crippen LogP contribution in [0.4, 0.5) is 0 Å². The minimum atomic E-state index is -0.913. The van der Waals surface area contributed by atoms with Crippen LogP contribution in [0.3, 0.4) is 0 Å². The van der Waals surface area contributed by atoms with E-state index in [0.29, 0.717) is 56.1 Å². The van der Waals surface area contributed by atoms with Crippen LogP contribution in [0.2, 0.25) is 5.02 Å². The summed E-state index contributed by atoms with van der Waals surface area (Å²) in [5.74, 6) is -1.64. The van der Waals surface area contributed by atoms with Crippen LogP contribution < -0.4 is 4.74 Å². The number of carboxylic acid groups (broad SMARTS) is 1. The maximum atomic E-state index is 14.1. The Morgan fingerprint density at radius 3 is 2.62 bits per heavy atom. The number of nitrogens with zero attached hydrogens (tertiary/aromatic N) is 3. The molecular formula is C30H32ClN3O5S. The van der Waals surface area contributed by atoms with Gasteiger partial charge in [-0.25, -0.2) is 0 Å². The van der Waals surface area contributed by atoms with Crippen molar-refractivity contribution in [1.82, 2.24) is 14.2 Å². The summed E-state index contributed by atoms with van der Waals surface area (Å²) in [7, 11) is 0. The zero-order chi connectivity index (χ0) is 27.8. The van der Waals surface area contributed by atoms with Crippen molar-refractivity contribution in [2.75, 3.05) is 19.6 Å². The number of aliphatic carboxylic acids is 1. The third-order valence-corrected chi connectivity index (χ3v) is 9.86. The van der Waals surface area contributed by atoms with Crippen LogP contribution in [0.5, 0.6) is 5.75 Å². The molecule has 1 aliphatic carbocycles. The number of rotatable bonds is 7. The van der Waals surface area contributed by atoms with Gasteiger partial charge in [-0.1, -0.05) is 42.6 Å². The molecule has 2 aliphatic heterocycles. The van der Waals surface area contributed by atoms with Crippen molar-refractivity contribution in [2.24, 2.45) is 11.8 Å². The van der Waals surface area contributed by atoms with Crippen LogP contribution in [-0.4, -0.2) is 56.7 Å². The number of halogens is 1. The first-order valence-corrected chi connectivity index (χ1v) is 15.2. The number of carbonyl (C=O) groups excluding carboxylic acids is 2. The number of hydrogen-bond acceptors (Lipinski definition) is 6. The molecule has 3 heterocycles. The van der Waals surface area contributed by atoms with Crippen molar-refractivity contribution in [3.05, 3.63) is 58.2 Å². The topological polar surface area (TPSA) is 100 Å². The molecule has 2 aromatic carbocycles. The van der Waals surface area contributed by atoms with Gasteiger partial charge in [0.2, 0.25) is 11.8 Å². The number of carboxylic acids is 1. The van der Waals surface area contributed by atoms with Gasteiger partial charge in [0.1, 0.15) is 12.4 Å². The van der Waals surface area contributed by atoms with E-state index in [4.69, 9.17) is 16.3 Å². The lowest BCUT2D eigenvalue weighted by atomic mass is 9.77. The maximum Gasteiger partial charge on any atom is 0.307 e. The summed E-state index contributed by atoms with van der Waals surface area (Å²) in [5.41, 5.74) is 2.57. The predicted molar refractivity (Wildman–Crippen MR) is 152 cm³/mol. The Kier molecular flexibility index (Phi) is 7.68. The van der Waals surface area contributed by atoms with Crippen molar-refractivity contribution in [2.45, 2.75) is 57.6 Å². The van der Waals surface area contributed by atoms with Crippen LogP contribution >= 0.6 is 23.1 Å². The van der Waals surface area contributed by atoms with E-state index in [2.05, 4.69) is 4.37 Å². The Hall–Kier alpha value is -3.17. The minimum Gasteiger partial charge on any atom is -0.487 e. The van der Waals surface area contributed by atoms with Crippen LogP contribution in [0.25, 0.3) is 10.1 Å². The molecule has 1 saturated heterocycles. The Balaban J connectivity index is 1.36. The van der Waals surface area contributed by atoms with Crippen molar-refractivity contribution in [3.8, 4) is 5.75 Å². The number of ether oxygens (including phenoxy) is 1. The van der Waals surface area contributed by atoms with Crippen molar-refractivity contribution < 1.29 is 24.2 Å². The van der Waals surface area contributed by atoms with E-state index in [1.165, 1.54) is 11.5 Å². The summed E-state index contributed by atoms with van der Waals surface area (Å²) < 4.78 is 12.1. The molecule has 0 spiro atoms. The molecule has 3 atom stereocenters. The zero-order valence-corrected chi connectivity index (χ0v) is 23.8. The van der Waals surface area contributed by atoms with Crippen LogP contribution in [-0.2, 0) is 27.4 Å². The lowest BCUT2D eigenvalue weighted by molar-refractivity contribution is -0.154. The summed E-state index contributed by atoms with van der Waals surface area (Å²) in [6, 6.07) is 11.2. The van der Waals surface area contributed by atoms with E-state index < -0.39 is 23.8 Å². The maximum absolute atomic E-state index is 14.1. The fourth-order valence-electron chi connectivity index (χ4n) is 6.59. The third kappa shape index (κ3) is 5.05. The fraction of sp³-hybridized carbons (Fsp3) is 0.467. The Morgan fingerprint density at radius 1 is 1.05 bits per heavy atom. The monoisotopic (exact) mass is 581 g/mol. The lowest BCUT2D eigenvalue weighted by Gasteiger charge is -2.43. The Bertz CT molecular complexity index is 1460. The normalized spacial score (nSPS) is 22.9. The first kappa shape index (κ1) is 27.0. The van der Waals surface area contributed by atoms with Crippen molar-refractivity contribution in [3.63, 3.8) is 0 Å². The smallest absolute Gasteiger partial charge is 0.307 e. The molecular weight excluding hydrogens is 550 g/mol. The van der Waals surface area contributed by atoms with Crippen molar-refractivity contribution in [1.29, 1.82) is 0 Å². The molecule has 1 aromatic heterocycles. The van der Waals surface area contributed by atoms with Crippen LogP contribution in [0.15, 0.2) is 36.4 Å². The molecule has 0 radical (unpaired) electrons. The number of carbonyl (C=O) groups is 3. The molecule has 2 fully saturated rings. The second-order valence-corrected chi connectivity index (χ2v) is 12.1. The molecule has 1 unspecified atom stereocenters. The van der Waals surface area contributed by atoms with Crippen molar-refractivity contribution >= 4 is 51.0 Å². The number of benzene rings is 2. The van der Waals surface area contributed by atoms with Gasteiger partial charge in [-0.05, 0) is 61.0 Å². The molecule has 6 rings (SSSR count). The summed E-state index contributed by atoms with van der Waals surface area (Å²) in [6.07, 6.45) is 4.53. The SMILES string of the molecule is O=C(O)[C@@H]1CCCCC1C(=O)N1CCc2c(Cl)ccc(OCc3nsc4ccccc34)c2[C@H]1CN1CCCC1=O. The number of likely N-dealkylation sites (tertiary alicyclic amines) is 1. The molecule has 1 saturated carbocycles. The average Bonchev–Trinajstić information content (AvgIpc) is 3.58. The molecule has 2 amide bonds. The summed E-state index contributed by atoms with van der Waals surface area (Å²) in [5, 5.41) is 11.5. The van der Waals surface area contributed by atoms with E-state index in [1.807, 2.05) is 41.3 Å². The number of fused-ring (bicyclic) bond motifs is 2. The quantitative estimate of drug-likeness (QED) is 0.397. The first-order chi connectivity index (χ1) is 19.4. The third-order valence-electron chi connectivity index (χ3n) is 8.64. The van der Waals surface area contributed by atoms with Gasteiger partial charge in [-0.3, -0.25) is 14.4 Å². The number of hydrogen-bond donors (Lipinski definition) is 1. The van der Waals surface area contributed by atoms with Gasteiger partial charge in [0.25, 0.3) is 0 Å². The van der Waals surface area contributed by atoms with E-state index in [0.717, 1.165) is 46.2 Å². The van der Waals surface area contributed by atoms with Gasteiger partial charge in [-0.15, -0.1) is 0 Å². The lowest BCUT2D eigenvalue weighted by Crippen LogP contribution is -2.50. The molecule has 0 bridgehead atoms. The summed E-state index contributed by atoms with van der Waals surface area (Å²) in [4.78, 5) is 42.5. The summed E-state index contributed by atoms with van der Waals surface area (Å²) >= 11 is 8.14. The van der Waals surface area contributed by atoms with Gasteiger partial charge < -0.3 is 19.6 Å². The second kappa shape index (κ2) is 11.4. The fourth-order valence-corrected chi connectivity index (χ4v) is 7.63. The van der Waals surface area contributed by atoms with E-state index >= 15 is 0 Å². The highest BCUT2D eigenvalue weighted by atomic mass is 35.5. The van der Waals surface area contributed by atoms with Gasteiger partial charge >= 0.3 is 5.97 Å². The highest BCUT2D eigenvalue weighted by Crippen LogP contribution is 2.43. The minimum absolute atomic E-state index is 0.0686. The Labute approximate surface area is 242 Å². The molecule has 1 N–H and O–H groups in total. The second-order valence-electron chi connectivity index (χ2n) is 10.9. The van der Waals surface area contributed by atoms with Gasteiger partial charge in [-0.2, -0.15) is 4.37 Å². The highest BCUT2D eigenvalue weighted by Gasteiger charge is 2.43. The average molecular weight is 582 g/mol. The molecule has 3 aromatic rings.